The number of hydrogen-bond acceptors (Lipinski definition) is 7. The van der Waals surface area contributed by atoms with Crippen molar-refractivity contribution < 1.29 is 18.0 Å². The molecule has 0 bridgehead atoms. The van der Waals surface area contributed by atoms with Crippen LogP contribution in [0.15, 0.2) is 24.4 Å². The highest BCUT2D eigenvalue weighted by Crippen LogP contribution is 2.35. The lowest BCUT2D eigenvalue weighted by molar-refractivity contribution is -0.137. The van der Waals surface area contributed by atoms with Crippen LogP contribution in [0.4, 0.5) is 36.3 Å². The Hall–Kier alpha value is -3.08. The standard InChI is InChI=1S/C32H48F3N7O/c1-5-9-23-10-11-25(7-3)42(29(43)20-23)15-8-14-36-30-27(32(33,34)35)22-37-31(39-30)38-28-13-12-26(21-24(28)6-2)41-18-16-40(4)17-19-41/h12-13,21-23,25H,5-11,14-20H2,1-4H3,(H2,36,37,38,39). The van der Waals surface area contributed by atoms with Crippen LogP contribution >= 0.6 is 0 Å². The molecule has 4 rings (SSSR count). The van der Waals surface area contributed by atoms with E-state index >= 15 is 0 Å². The third kappa shape index (κ3) is 8.74. The molecule has 0 radical (unpaired) electrons. The van der Waals surface area contributed by atoms with Gasteiger partial charge in [0, 0.05) is 69.3 Å². The van der Waals surface area contributed by atoms with Crippen LogP contribution in [0, 0.1) is 5.92 Å². The Morgan fingerprint density at radius 2 is 1.84 bits per heavy atom. The maximum Gasteiger partial charge on any atom is 0.421 e. The van der Waals surface area contributed by atoms with Crippen LogP contribution in [0.1, 0.15) is 76.8 Å². The second-order valence-corrected chi connectivity index (χ2v) is 11.9. The first kappa shape index (κ1) is 32.8. The molecule has 2 N–H and O–H groups in total. The monoisotopic (exact) mass is 603 g/mol. The predicted octanol–water partition coefficient (Wildman–Crippen LogP) is 6.56. The number of likely N-dealkylation sites (N-methyl/N-ethyl adjacent to an activating group) is 1. The molecule has 2 aliphatic rings. The fraction of sp³-hybridized carbons (Fsp3) is 0.656. The normalized spacial score (nSPS) is 20.3. The average molecular weight is 604 g/mol. The topological polar surface area (TPSA) is 76.6 Å². The van der Waals surface area contributed by atoms with Gasteiger partial charge >= 0.3 is 6.18 Å². The highest BCUT2D eigenvalue weighted by Gasteiger charge is 2.35. The van der Waals surface area contributed by atoms with E-state index < -0.39 is 11.7 Å². The van der Waals surface area contributed by atoms with E-state index in [2.05, 4.69) is 64.3 Å². The summed E-state index contributed by atoms with van der Waals surface area (Å²) in [4.78, 5) is 27.9. The first-order valence-electron chi connectivity index (χ1n) is 15.9. The Morgan fingerprint density at radius 3 is 2.51 bits per heavy atom. The summed E-state index contributed by atoms with van der Waals surface area (Å²) in [6, 6.07) is 6.31. The molecule has 0 spiro atoms. The number of carbonyl (C=O) groups excluding carboxylic acids is 1. The SMILES string of the molecule is CCCC1CCC(CC)N(CCCNc2nc(Nc3ccc(N4CCN(C)CC4)cc3CC)ncc2C(F)(F)F)C(=O)C1. The third-order valence-electron chi connectivity index (χ3n) is 8.85. The van der Waals surface area contributed by atoms with E-state index in [0.717, 1.165) is 87.8 Å². The molecule has 2 aliphatic heterocycles. The number of halogens is 3. The molecule has 2 aromatic rings. The summed E-state index contributed by atoms with van der Waals surface area (Å²) in [7, 11) is 2.12. The van der Waals surface area contributed by atoms with Crippen LogP contribution < -0.4 is 15.5 Å². The molecule has 43 heavy (non-hydrogen) atoms. The van der Waals surface area contributed by atoms with E-state index in [0.29, 0.717) is 25.3 Å². The van der Waals surface area contributed by atoms with E-state index in [1.807, 2.05) is 17.0 Å². The minimum atomic E-state index is -4.60. The van der Waals surface area contributed by atoms with Crippen LogP contribution in [0.3, 0.4) is 0 Å². The van der Waals surface area contributed by atoms with Crippen molar-refractivity contribution >= 4 is 29.0 Å². The van der Waals surface area contributed by atoms with Gasteiger partial charge in [0.05, 0.1) is 0 Å². The molecule has 1 amide bonds. The van der Waals surface area contributed by atoms with Gasteiger partial charge in [-0.15, -0.1) is 0 Å². The maximum atomic E-state index is 13.9. The molecule has 2 unspecified atom stereocenters. The number of benzene rings is 1. The third-order valence-corrected chi connectivity index (χ3v) is 8.85. The van der Waals surface area contributed by atoms with Crippen molar-refractivity contribution in [3.8, 4) is 0 Å². The number of anilines is 4. The van der Waals surface area contributed by atoms with Gasteiger partial charge in [0.1, 0.15) is 11.4 Å². The van der Waals surface area contributed by atoms with E-state index in [4.69, 9.17) is 0 Å². The zero-order valence-corrected chi connectivity index (χ0v) is 26.1. The molecule has 1 aromatic carbocycles. The van der Waals surface area contributed by atoms with Crippen molar-refractivity contribution in [1.82, 2.24) is 19.8 Å². The smallest absolute Gasteiger partial charge is 0.369 e. The molecule has 0 saturated carbocycles. The molecule has 8 nitrogen and oxygen atoms in total. The first-order valence-corrected chi connectivity index (χ1v) is 15.9. The fourth-order valence-electron chi connectivity index (χ4n) is 6.26. The summed E-state index contributed by atoms with van der Waals surface area (Å²) < 4.78 is 41.6. The fourth-order valence-corrected chi connectivity index (χ4v) is 6.26. The van der Waals surface area contributed by atoms with Gasteiger partial charge in [0.2, 0.25) is 11.9 Å². The zero-order valence-electron chi connectivity index (χ0n) is 26.1. The van der Waals surface area contributed by atoms with Crippen LogP contribution in [-0.2, 0) is 17.4 Å². The number of amides is 1. The van der Waals surface area contributed by atoms with Crippen molar-refractivity contribution in [3.63, 3.8) is 0 Å². The van der Waals surface area contributed by atoms with Crippen LogP contribution in [0.2, 0.25) is 0 Å². The summed E-state index contributed by atoms with van der Waals surface area (Å²) in [5.74, 6) is 0.437. The van der Waals surface area contributed by atoms with Crippen molar-refractivity contribution in [3.05, 3.63) is 35.5 Å². The van der Waals surface area contributed by atoms with E-state index in [1.165, 1.54) is 0 Å². The zero-order chi connectivity index (χ0) is 31.0. The van der Waals surface area contributed by atoms with Gasteiger partial charge in [-0.05, 0) is 68.8 Å². The number of hydrogen-bond donors (Lipinski definition) is 2. The van der Waals surface area contributed by atoms with Crippen molar-refractivity contribution in [1.29, 1.82) is 0 Å². The minimum Gasteiger partial charge on any atom is -0.369 e. The van der Waals surface area contributed by atoms with Gasteiger partial charge in [-0.2, -0.15) is 18.2 Å². The van der Waals surface area contributed by atoms with Gasteiger partial charge in [0.25, 0.3) is 0 Å². The van der Waals surface area contributed by atoms with Crippen LogP contribution in [-0.4, -0.2) is 78.0 Å². The quantitative estimate of drug-likeness (QED) is 0.266. The van der Waals surface area contributed by atoms with Gasteiger partial charge in [-0.3, -0.25) is 4.79 Å². The summed E-state index contributed by atoms with van der Waals surface area (Å²) in [5, 5.41) is 6.06. The number of piperazine rings is 1. The molecular formula is C32H48F3N7O. The number of likely N-dealkylation sites (tertiary alicyclic amines) is 1. The summed E-state index contributed by atoms with van der Waals surface area (Å²) >= 11 is 0. The number of carbonyl (C=O) groups is 1. The molecule has 0 aliphatic carbocycles. The van der Waals surface area contributed by atoms with Crippen molar-refractivity contribution in [2.75, 3.05) is 61.8 Å². The van der Waals surface area contributed by atoms with E-state index in [1.54, 1.807) is 0 Å². The Kier molecular flexibility index (Phi) is 11.5. The highest BCUT2D eigenvalue weighted by molar-refractivity contribution is 5.77. The highest BCUT2D eigenvalue weighted by atomic mass is 19.4. The van der Waals surface area contributed by atoms with Crippen molar-refractivity contribution in [2.24, 2.45) is 5.92 Å². The minimum absolute atomic E-state index is 0.105. The second kappa shape index (κ2) is 15.1. The Bertz CT molecular complexity index is 1200. The Balaban J connectivity index is 1.43. The number of aryl methyl sites for hydroxylation is 1. The van der Waals surface area contributed by atoms with E-state index in [-0.39, 0.29) is 30.3 Å². The number of nitrogens with zero attached hydrogens (tertiary/aromatic N) is 5. The number of alkyl halides is 3. The first-order chi connectivity index (χ1) is 20.6. The lowest BCUT2D eigenvalue weighted by Gasteiger charge is -2.34. The van der Waals surface area contributed by atoms with E-state index in [9.17, 15) is 18.0 Å². The van der Waals surface area contributed by atoms with Gasteiger partial charge in [0.15, 0.2) is 0 Å². The molecule has 2 atom stereocenters. The molecule has 2 fully saturated rings. The second-order valence-electron chi connectivity index (χ2n) is 11.9. The van der Waals surface area contributed by atoms with Gasteiger partial charge < -0.3 is 25.3 Å². The lowest BCUT2D eigenvalue weighted by atomic mass is 9.94. The van der Waals surface area contributed by atoms with Gasteiger partial charge in [-0.25, -0.2) is 4.98 Å². The maximum absolute atomic E-state index is 13.9. The van der Waals surface area contributed by atoms with Crippen LogP contribution in [0.25, 0.3) is 0 Å². The molecule has 11 heteroatoms. The number of rotatable bonds is 12. The summed E-state index contributed by atoms with van der Waals surface area (Å²) in [6.07, 6.45) is 3.12. The Morgan fingerprint density at radius 1 is 1.07 bits per heavy atom. The average Bonchev–Trinajstić information content (AvgIpc) is 3.13. The van der Waals surface area contributed by atoms with Crippen LogP contribution in [0.5, 0.6) is 0 Å². The Labute approximate surface area is 254 Å². The summed E-state index contributed by atoms with van der Waals surface area (Å²) in [6.45, 7) is 11.0. The lowest BCUT2D eigenvalue weighted by Crippen LogP contribution is -2.44. The molecule has 2 saturated heterocycles. The molecule has 238 valence electrons. The number of aromatic nitrogens is 2. The predicted molar refractivity (Wildman–Crippen MR) is 167 cm³/mol. The molecular weight excluding hydrogens is 555 g/mol. The van der Waals surface area contributed by atoms with Gasteiger partial charge in [-0.1, -0.05) is 33.6 Å². The number of nitrogens with one attached hydrogen (secondary N) is 2. The molecule has 3 heterocycles. The summed E-state index contributed by atoms with van der Waals surface area (Å²) in [5.41, 5.74) is 2.06. The molecule has 1 aromatic heterocycles. The largest absolute Gasteiger partial charge is 0.421 e. The van der Waals surface area contributed by atoms with Crippen molar-refractivity contribution in [2.45, 2.75) is 84.4 Å².